The van der Waals surface area contributed by atoms with Gasteiger partial charge in [-0.3, -0.25) is 9.78 Å². The van der Waals surface area contributed by atoms with E-state index in [2.05, 4.69) is 9.97 Å². The van der Waals surface area contributed by atoms with E-state index in [1.165, 1.54) is 0 Å². The van der Waals surface area contributed by atoms with E-state index in [0.29, 0.717) is 48.4 Å². The Morgan fingerprint density at radius 1 is 0.972 bits per heavy atom. The predicted octanol–water partition coefficient (Wildman–Crippen LogP) is 3.76. The van der Waals surface area contributed by atoms with Gasteiger partial charge in [0, 0.05) is 23.9 Å². The molecule has 4 rings (SSSR count). The number of methoxy groups -OCH3 is 4. The summed E-state index contributed by atoms with van der Waals surface area (Å²) in [5.41, 5.74) is 4.88. The second kappa shape index (κ2) is 10.7. The largest absolute Gasteiger partial charge is 0.493 e. The Bertz CT molecular complexity index is 1250. The Labute approximate surface area is 210 Å². The summed E-state index contributed by atoms with van der Waals surface area (Å²) in [5, 5.41) is 0. The van der Waals surface area contributed by atoms with Crippen LogP contribution in [-0.4, -0.2) is 62.4 Å². The molecule has 36 heavy (non-hydrogen) atoms. The van der Waals surface area contributed by atoms with Gasteiger partial charge in [-0.2, -0.15) is 0 Å². The lowest BCUT2D eigenvalue weighted by Crippen LogP contribution is -2.33. The molecular formula is C27H31N3O6. The molecule has 190 valence electrons. The average molecular weight is 494 g/mol. The Morgan fingerprint density at radius 3 is 2.31 bits per heavy atom. The molecule has 0 N–H and O–H groups in total. The summed E-state index contributed by atoms with van der Waals surface area (Å²) in [7, 11) is 6.26. The van der Waals surface area contributed by atoms with Crippen LogP contribution >= 0.6 is 0 Å². The Morgan fingerprint density at radius 2 is 1.67 bits per heavy atom. The summed E-state index contributed by atoms with van der Waals surface area (Å²) in [6.07, 6.45) is 1.91. The first-order valence-corrected chi connectivity index (χ1v) is 11.6. The van der Waals surface area contributed by atoms with Crippen molar-refractivity contribution >= 4 is 5.91 Å². The molecule has 0 aliphatic carbocycles. The lowest BCUT2D eigenvalue weighted by atomic mass is 10.0. The van der Waals surface area contributed by atoms with Crippen molar-refractivity contribution in [2.45, 2.75) is 26.8 Å². The van der Waals surface area contributed by atoms with Gasteiger partial charge >= 0.3 is 0 Å². The summed E-state index contributed by atoms with van der Waals surface area (Å²) >= 11 is 0. The predicted molar refractivity (Wildman–Crippen MR) is 134 cm³/mol. The number of hydrogen-bond acceptors (Lipinski definition) is 8. The number of hydrogen-bond donors (Lipinski definition) is 0. The molecule has 0 bridgehead atoms. The zero-order chi connectivity index (χ0) is 25.8. The average Bonchev–Trinajstić information content (AvgIpc) is 3.11. The molecule has 3 aromatic rings. The summed E-state index contributed by atoms with van der Waals surface area (Å²) in [6, 6.07) is 7.49. The van der Waals surface area contributed by atoms with Gasteiger partial charge in [-0.15, -0.1) is 0 Å². The molecule has 1 amide bonds. The van der Waals surface area contributed by atoms with Crippen molar-refractivity contribution in [3.05, 3.63) is 53.0 Å². The molecule has 0 unspecified atom stereocenters. The molecule has 0 radical (unpaired) electrons. The maximum Gasteiger partial charge on any atom is 0.227 e. The second-order valence-corrected chi connectivity index (χ2v) is 8.49. The minimum absolute atomic E-state index is 0.0448. The highest BCUT2D eigenvalue weighted by Gasteiger charge is 2.25. The monoisotopic (exact) mass is 493 g/mol. The van der Waals surface area contributed by atoms with Gasteiger partial charge in [-0.05, 0) is 43.7 Å². The third-order valence-corrected chi connectivity index (χ3v) is 6.10. The number of carbonyl (C=O) groups excluding carboxylic acids is 1. The molecule has 2 aromatic carbocycles. The number of nitrogens with zero attached hydrogens (tertiary/aromatic N) is 3. The fourth-order valence-corrected chi connectivity index (χ4v) is 4.32. The van der Waals surface area contributed by atoms with Crippen molar-refractivity contribution in [1.82, 2.24) is 14.9 Å². The third-order valence-electron chi connectivity index (χ3n) is 6.10. The molecule has 0 fully saturated rings. The number of ether oxygens (including phenoxy) is 5. The van der Waals surface area contributed by atoms with Gasteiger partial charge in [0.25, 0.3) is 0 Å². The highest BCUT2D eigenvalue weighted by Crippen LogP contribution is 2.40. The molecule has 0 spiro atoms. The summed E-state index contributed by atoms with van der Waals surface area (Å²) in [4.78, 5) is 24.3. The fraction of sp³-hybridized carbons (Fsp3) is 0.370. The van der Waals surface area contributed by atoms with Crippen LogP contribution in [0, 0.1) is 13.8 Å². The quantitative estimate of drug-likeness (QED) is 0.491. The standard InChI is InChI=1S/C27H31N3O6/c1-16-14-28-17(2)25(29-16)19-12-20-15-30(7-8-36-26(20)23(13-19)34-5)24(31)11-18-9-21(32-3)27(35-6)22(10-18)33-4/h9-10,12-14H,7-8,11,15H2,1-6H3. The first kappa shape index (κ1) is 25.1. The lowest BCUT2D eigenvalue weighted by molar-refractivity contribution is -0.131. The first-order valence-electron chi connectivity index (χ1n) is 11.6. The van der Waals surface area contributed by atoms with Crippen molar-refractivity contribution in [2.75, 3.05) is 41.6 Å². The minimum atomic E-state index is -0.0448. The lowest BCUT2D eigenvalue weighted by Gasteiger charge is -2.21. The van der Waals surface area contributed by atoms with Crippen molar-refractivity contribution in [1.29, 1.82) is 0 Å². The number of aryl methyl sites for hydroxylation is 2. The maximum atomic E-state index is 13.4. The molecule has 1 aliphatic heterocycles. The molecule has 2 heterocycles. The van der Waals surface area contributed by atoms with Gasteiger partial charge in [0.15, 0.2) is 23.0 Å². The number of aromatic nitrogens is 2. The summed E-state index contributed by atoms with van der Waals surface area (Å²) in [5.74, 6) is 2.70. The van der Waals surface area contributed by atoms with Crippen LogP contribution in [0.4, 0.5) is 0 Å². The van der Waals surface area contributed by atoms with Crippen LogP contribution in [0.15, 0.2) is 30.5 Å². The van der Waals surface area contributed by atoms with Crippen LogP contribution in [0.5, 0.6) is 28.7 Å². The van der Waals surface area contributed by atoms with E-state index in [4.69, 9.17) is 23.7 Å². The molecule has 9 heteroatoms. The van der Waals surface area contributed by atoms with Crippen molar-refractivity contribution in [2.24, 2.45) is 0 Å². The second-order valence-electron chi connectivity index (χ2n) is 8.49. The van der Waals surface area contributed by atoms with Gasteiger partial charge in [0.1, 0.15) is 6.61 Å². The van der Waals surface area contributed by atoms with Gasteiger partial charge in [0.2, 0.25) is 11.7 Å². The minimum Gasteiger partial charge on any atom is -0.493 e. The molecule has 0 saturated heterocycles. The Kier molecular flexibility index (Phi) is 7.47. The zero-order valence-electron chi connectivity index (χ0n) is 21.5. The van der Waals surface area contributed by atoms with E-state index in [9.17, 15) is 4.79 Å². The molecular weight excluding hydrogens is 462 g/mol. The smallest absolute Gasteiger partial charge is 0.227 e. The van der Waals surface area contributed by atoms with Gasteiger partial charge in [-0.25, -0.2) is 4.98 Å². The van der Waals surface area contributed by atoms with Crippen molar-refractivity contribution < 1.29 is 28.5 Å². The SMILES string of the molecule is COc1cc(-c2nc(C)cnc2C)cc2c1OCCN(C(=O)Cc1cc(OC)c(OC)c(OC)c1)C2. The fourth-order valence-electron chi connectivity index (χ4n) is 4.32. The molecule has 1 aromatic heterocycles. The highest BCUT2D eigenvalue weighted by molar-refractivity contribution is 5.80. The third kappa shape index (κ3) is 5.00. The van der Waals surface area contributed by atoms with E-state index >= 15 is 0 Å². The number of amides is 1. The normalized spacial score (nSPS) is 12.8. The van der Waals surface area contributed by atoms with Crippen LogP contribution in [0.3, 0.4) is 0 Å². The van der Waals surface area contributed by atoms with Crippen LogP contribution in [0.2, 0.25) is 0 Å². The van der Waals surface area contributed by atoms with Gasteiger partial charge in [-0.1, -0.05) is 0 Å². The topological polar surface area (TPSA) is 92.2 Å². The van der Waals surface area contributed by atoms with E-state index in [1.807, 2.05) is 26.0 Å². The highest BCUT2D eigenvalue weighted by atomic mass is 16.5. The van der Waals surface area contributed by atoms with E-state index in [-0.39, 0.29) is 12.3 Å². The number of benzene rings is 2. The van der Waals surface area contributed by atoms with Gasteiger partial charge in [0.05, 0.1) is 58.5 Å². The van der Waals surface area contributed by atoms with E-state index in [0.717, 1.165) is 33.8 Å². The van der Waals surface area contributed by atoms with Crippen LogP contribution in [-0.2, 0) is 17.8 Å². The molecule has 1 aliphatic rings. The molecule has 0 atom stereocenters. The van der Waals surface area contributed by atoms with Crippen LogP contribution in [0.25, 0.3) is 11.3 Å². The summed E-state index contributed by atoms with van der Waals surface area (Å²) in [6.45, 7) is 5.00. The Balaban J connectivity index is 1.65. The van der Waals surface area contributed by atoms with Crippen LogP contribution in [0.1, 0.15) is 22.5 Å². The number of rotatable bonds is 7. The molecule has 9 nitrogen and oxygen atoms in total. The van der Waals surface area contributed by atoms with Crippen molar-refractivity contribution in [3.8, 4) is 40.0 Å². The number of fused-ring (bicyclic) bond motifs is 1. The Hall–Kier alpha value is -4.01. The zero-order valence-corrected chi connectivity index (χ0v) is 21.5. The van der Waals surface area contributed by atoms with Crippen LogP contribution < -0.4 is 23.7 Å². The molecule has 0 saturated carbocycles. The maximum absolute atomic E-state index is 13.4. The summed E-state index contributed by atoms with van der Waals surface area (Å²) < 4.78 is 28.0. The first-order chi connectivity index (χ1) is 17.4. The van der Waals surface area contributed by atoms with E-state index < -0.39 is 0 Å². The van der Waals surface area contributed by atoms with Crippen molar-refractivity contribution in [3.63, 3.8) is 0 Å². The van der Waals surface area contributed by atoms with Gasteiger partial charge < -0.3 is 28.6 Å². The van der Waals surface area contributed by atoms with E-state index in [1.54, 1.807) is 51.7 Å². The number of carbonyl (C=O) groups is 1.